The highest BCUT2D eigenvalue weighted by atomic mass is 16.5. The Hall–Kier alpha value is -1.02. The Bertz CT molecular complexity index is 307. The summed E-state index contributed by atoms with van der Waals surface area (Å²) in [7, 11) is 0. The van der Waals surface area contributed by atoms with E-state index in [-0.39, 0.29) is 6.04 Å². The van der Waals surface area contributed by atoms with Crippen molar-refractivity contribution in [1.82, 2.24) is 0 Å². The molecule has 1 heterocycles. The molecule has 1 atom stereocenters. The van der Waals surface area contributed by atoms with Crippen LogP contribution in [0.5, 0.6) is 5.75 Å². The van der Waals surface area contributed by atoms with E-state index in [2.05, 4.69) is 18.2 Å². The molecule has 1 aliphatic heterocycles. The van der Waals surface area contributed by atoms with Gasteiger partial charge in [-0.2, -0.15) is 0 Å². The summed E-state index contributed by atoms with van der Waals surface area (Å²) in [4.78, 5) is 0. The molecule has 2 nitrogen and oxygen atoms in total. The topological polar surface area (TPSA) is 35.2 Å². The van der Waals surface area contributed by atoms with Crippen molar-refractivity contribution in [2.24, 2.45) is 5.73 Å². The van der Waals surface area contributed by atoms with Crippen LogP contribution >= 0.6 is 0 Å². The van der Waals surface area contributed by atoms with Crippen molar-refractivity contribution >= 4 is 0 Å². The second-order valence-electron chi connectivity index (χ2n) is 3.69. The van der Waals surface area contributed by atoms with E-state index < -0.39 is 0 Å². The SMILES string of the molecule is CC(N)Cc1cccc2c1OCC2. The third-order valence-corrected chi connectivity index (χ3v) is 2.34. The van der Waals surface area contributed by atoms with Crippen LogP contribution in [0, 0.1) is 0 Å². The van der Waals surface area contributed by atoms with Gasteiger partial charge in [0.05, 0.1) is 6.61 Å². The van der Waals surface area contributed by atoms with Crippen LogP contribution in [0.1, 0.15) is 18.1 Å². The van der Waals surface area contributed by atoms with Gasteiger partial charge < -0.3 is 10.5 Å². The third kappa shape index (κ3) is 1.68. The molecule has 0 spiro atoms. The van der Waals surface area contributed by atoms with Gasteiger partial charge in [-0.15, -0.1) is 0 Å². The second-order valence-corrected chi connectivity index (χ2v) is 3.69. The summed E-state index contributed by atoms with van der Waals surface area (Å²) in [6.45, 7) is 2.85. The Balaban J connectivity index is 2.30. The summed E-state index contributed by atoms with van der Waals surface area (Å²) < 4.78 is 5.57. The largest absolute Gasteiger partial charge is 0.493 e. The van der Waals surface area contributed by atoms with Gasteiger partial charge >= 0.3 is 0 Å². The van der Waals surface area contributed by atoms with E-state index in [1.807, 2.05) is 6.92 Å². The molecule has 0 saturated carbocycles. The highest BCUT2D eigenvalue weighted by Gasteiger charge is 2.15. The molecule has 0 radical (unpaired) electrons. The normalized spacial score (nSPS) is 16.5. The van der Waals surface area contributed by atoms with Gasteiger partial charge in [0.15, 0.2) is 0 Å². The first-order valence-corrected chi connectivity index (χ1v) is 4.76. The van der Waals surface area contributed by atoms with Crippen LogP contribution in [-0.2, 0) is 12.8 Å². The number of rotatable bonds is 2. The standard InChI is InChI=1S/C11H15NO/c1-8(12)7-10-4-2-3-9-5-6-13-11(9)10/h2-4,8H,5-7,12H2,1H3. The Morgan fingerprint density at radius 2 is 2.38 bits per heavy atom. The Labute approximate surface area is 78.7 Å². The molecule has 0 aromatic heterocycles. The van der Waals surface area contributed by atoms with E-state index in [4.69, 9.17) is 10.5 Å². The Kier molecular flexibility index (Phi) is 2.23. The van der Waals surface area contributed by atoms with Gasteiger partial charge in [0, 0.05) is 12.5 Å². The van der Waals surface area contributed by atoms with Crippen molar-refractivity contribution < 1.29 is 4.74 Å². The lowest BCUT2D eigenvalue weighted by atomic mass is 10.0. The van der Waals surface area contributed by atoms with Gasteiger partial charge in [-0.05, 0) is 24.5 Å². The lowest BCUT2D eigenvalue weighted by Gasteiger charge is -2.09. The maximum atomic E-state index is 5.76. The van der Waals surface area contributed by atoms with Crippen LogP contribution in [-0.4, -0.2) is 12.6 Å². The van der Waals surface area contributed by atoms with Gasteiger partial charge in [0.2, 0.25) is 0 Å². The molecule has 0 aliphatic carbocycles. The van der Waals surface area contributed by atoms with Crippen molar-refractivity contribution in [3.8, 4) is 5.75 Å². The maximum Gasteiger partial charge on any atom is 0.125 e. The monoisotopic (exact) mass is 177 g/mol. The van der Waals surface area contributed by atoms with Crippen LogP contribution in [0.15, 0.2) is 18.2 Å². The van der Waals surface area contributed by atoms with Gasteiger partial charge in [-0.1, -0.05) is 18.2 Å². The first kappa shape index (κ1) is 8.57. The number of benzene rings is 1. The fraction of sp³-hybridized carbons (Fsp3) is 0.455. The average molecular weight is 177 g/mol. The highest BCUT2D eigenvalue weighted by molar-refractivity contribution is 5.44. The first-order chi connectivity index (χ1) is 6.27. The van der Waals surface area contributed by atoms with Gasteiger partial charge in [-0.25, -0.2) is 0 Å². The number of nitrogens with two attached hydrogens (primary N) is 1. The summed E-state index contributed by atoms with van der Waals surface area (Å²) in [6.07, 6.45) is 1.95. The van der Waals surface area contributed by atoms with Crippen LogP contribution < -0.4 is 10.5 Å². The second kappa shape index (κ2) is 3.38. The highest BCUT2D eigenvalue weighted by Crippen LogP contribution is 2.29. The zero-order chi connectivity index (χ0) is 9.26. The van der Waals surface area contributed by atoms with E-state index in [1.165, 1.54) is 11.1 Å². The smallest absolute Gasteiger partial charge is 0.125 e. The maximum absolute atomic E-state index is 5.76. The Morgan fingerprint density at radius 1 is 1.54 bits per heavy atom. The summed E-state index contributed by atoms with van der Waals surface area (Å²) in [6, 6.07) is 6.53. The number of hydrogen-bond acceptors (Lipinski definition) is 2. The van der Waals surface area contributed by atoms with E-state index in [0.29, 0.717) is 0 Å². The van der Waals surface area contributed by atoms with Gasteiger partial charge in [0.1, 0.15) is 5.75 Å². The van der Waals surface area contributed by atoms with E-state index in [1.54, 1.807) is 0 Å². The molecule has 2 heteroatoms. The molecule has 0 saturated heterocycles. The lowest BCUT2D eigenvalue weighted by molar-refractivity contribution is 0.352. The van der Waals surface area contributed by atoms with Crippen molar-refractivity contribution in [3.63, 3.8) is 0 Å². The number of hydrogen-bond donors (Lipinski definition) is 1. The minimum absolute atomic E-state index is 0.204. The molecular formula is C11H15NO. The molecule has 70 valence electrons. The molecule has 0 amide bonds. The van der Waals surface area contributed by atoms with Crippen molar-refractivity contribution in [3.05, 3.63) is 29.3 Å². The molecule has 1 aromatic rings. The predicted octanol–water partition coefficient (Wildman–Crippen LogP) is 1.51. The fourth-order valence-electron chi connectivity index (χ4n) is 1.79. The summed E-state index contributed by atoms with van der Waals surface area (Å²) in [5.41, 5.74) is 8.35. The third-order valence-electron chi connectivity index (χ3n) is 2.34. The van der Waals surface area contributed by atoms with E-state index in [9.17, 15) is 0 Å². The van der Waals surface area contributed by atoms with Crippen molar-refractivity contribution in [2.75, 3.05) is 6.61 Å². The number of fused-ring (bicyclic) bond motifs is 1. The molecular weight excluding hydrogens is 162 g/mol. The molecule has 0 bridgehead atoms. The quantitative estimate of drug-likeness (QED) is 0.743. The summed E-state index contributed by atoms with van der Waals surface area (Å²) in [5.74, 6) is 1.08. The van der Waals surface area contributed by atoms with Crippen LogP contribution in [0.3, 0.4) is 0 Å². The average Bonchev–Trinajstić information content (AvgIpc) is 2.51. The minimum Gasteiger partial charge on any atom is -0.493 e. The van der Waals surface area contributed by atoms with Crippen LogP contribution in [0.2, 0.25) is 0 Å². The van der Waals surface area contributed by atoms with E-state index >= 15 is 0 Å². The van der Waals surface area contributed by atoms with Crippen LogP contribution in [0.4, 0.5) is 0 Å². The predicted molar refractivity (Wildman–Crippen MR) is 53.0 cm³/mol. The lowest BCUT2D eigenvalue weighted by Crippen LogP contribution is -2.18. The zero-order valence-electron chi connectivity index (χ0n) is 7.92. The first-order valence-electron chi connectivity index (χ1n) is 4.76. The molecule has 2 rings (SSSR count). The molecule has 13 heavy (non-hydrogen) atoms. The van der Waals surface area contributed by atoms with Gasteiger partial charge in [0.25, 0.3) is 0 Å². The summed E-state index contributed by atoms with van der Waals surface area (Å²) >= 11 is 0. The molecule has 1 unspecified atom stereocenters. The molecule has 2 N–H and O–H groups in total. The number of para-hydroxylation sites is 1. The fourth-order valence-corrected chi connectivity index (χ4v) is 1.79. The van der Waals surface area contributed by atoms with Crippen molar-refractivity contribution in [1.29, 1.82) is 0 Å². The molecule has 1 aromatic carbocycles. The van der Waals surface area contributed by atoms with E-state index in [0.717, 1.165) is 25.2 Å². The minimum atomic E-state index is 0.204. The number of ether oxygens (including phenoxy) is 1. The van der Waals surface area contributed by atoms with Crippen LogP contribution in [0.25, 0.3) is 0 Å². The molecule has 0 fully saturated rings. The zero-order valence-corrected chi connectivity index (χ0v) is 7.92. The van der Waals surface area contributed by atoms with Crippen molar-refractivity contribution in [2.45, 2.75) is 25.8 Å². The van der Waals surface area contributed by atoms with Gasteiger partial charge in [-0.3, -0.25) is 0 Å². The Morgan fingerprint density at radius 3 is 3.15 bits per heavy atom. The molecule has 1 aliphatic rings. The summed E-state index contributed by atoms with van der Waals surface area (Å²) in [5, 5.41) is 0.